The van der Waals surface area contributed by atoms with Crippen molar-refractivity contribution in [2.24, 2.45) is 0 Å². The highest BCUT2D eigenvalue weighted by Crippen LogP contribution is 2.12. The number of carbonyl (C=O) groups is 2. The third kappa shape index (κ3) is 3.31. The minimum absolute atomic E-state index is 0.0291. The van der Waals surface area contributed by atoms with Gasteiger partial charge < -0.3 is 9.84 Å². The van der Waals surface area contributed by atoms with Crippen LogP contribution in [0.3, 0.4) is 0 Å². The van der Waals surface area contributed by atoms with Gasteiger partial charge in [0.15, 0.2) is 0 Å². The molecule has 0 amide bonds. The van der Waals surface area contributed by atoms with Crippen molar-refractivity contribution in [1.82, 2.24) is 0 Å². The number of hydrogen-bond acceptors (Lipinski definition) is 3. The molecule has 1 N–H and O–H groups in total. The maximum Gasteiger partial charge on any atom is 0.339 e. The van der Waals surface area contributed by atoms with E-state index in [-0.39, 0.29) is 12.0 Å². The Morgan fingerprint density at radius 3 is 2.76 bits per heavy atom. The lowest BCUT2D eigenvalue weighted by molar-refractivity contribution is -0.139. The molecule has 1 aromatic carbocycles. The Balaban J connectivity index is 3.02. The molecule has 0 saturated carbocycles. The van der Waals surface area contributed by atoms with Crippen LogP contribution in [0.15, 0.2) is 18.2 Å². The number of rotatable bonds is 2. The molecule has 0 aliphatic heterocycles. The second-order valence-corrected chi connectivity index (χ2v) is 3.02. The van der Waals surface area contributed by atoms with Crippen molar-refractivity contribution < 1.29 is 23.8 Å². The zero-order valence-corrected chi connectivity index (χ0v) is 8.99. The molecule has 0 heterocycles. The third-order valence-corrected chi connectivity index (χ3v) is 1.91. The van der Waals surface area contributed by atoms with E-state index in [2.05, 4.69) is 16.6 Å². The zero-order chi connectivity index (χ0) is 12.8. The highest BCUT2D eigenvalue weighted by atomic mass is 19.1. The third-order valence-electron chi connectivity index (χ3n) is 1.91. The fraction of sp³-hybridized carbons (Fsp3) is 0.167. The van der Waals surface area contributed by atoms with Gasteiger partial charge in [0.05, 0.1) is 7.11 Å². The summed E-state index contributed by atoms with van der Waals surface area (Å²) in [6.45, 7) is 0. The number of ether oxygens (including phenoxy) is 1. The molecule has 1 rings (SSSR count). The molecule has 0 fully saturated rings. The lowest BCUT2D eigenvalue weighted by atomic mass is 10.1. The van der Waals surface area contributed by atoms with Crippen molar-refractivity contribution in [1.29, 1.82) is 0 Å². The number of carbonyl (C=O) groups excluding carboxylic acids is 1. The summed E-state index contributed by atoms with van der Waals surface area (Å²) in [6.07, 6.45) is -0.175. The van der Waals surface area contributed by atoms with Gasteiger partial charge in [0, 0.05) is 5.56 Å². The van der Waals surface area contributed by atoms with Crippen LogP contribution >= 0.6 is 0 Å². The highest BCUT2D eigenvalue weighted by Gasteiger charge is 2.13. The van der Waals surface area contributed by atoms with Gasteiger partial charge in [-0.2, -0.15) is 0 Å². The SMILES string of the molecule is COC(=O)CC#Cc1cccc(F)c1C(=O)O. The van der Waals surface area contributed by atoms with Crippen molar-refractivity contribution >= 4 is 11.9 Å². The molecule has 1 aromatic rings. The molecule has 5 heteroatoms. The summed E-state index contributed by atoms with van der Waals surface area (Å²) >= 11 is 0. The Labute approximate surface area is 97.0 Å². The van der Waals surface area contributed by atoms with E-state index in [1.54, 1.807) is 0 Å². The average molecular weight is 236 g/mol. The van der Waals surface area contributed by atoms with Crippen LogP contribution in [0.2, 0.25) is 0 Å². The first-order chi connectivity index (χ1) is 8.06. The summed E-state index contributed by atoms with van der Waals surface area (Å²) in [5.74, 6) is 2.06. The predicted molar refractivity (Wildman–Crippen MR) is 56.9 cm³/mol. The van der Waals surface area contributed by atoms with Crippen LogP contribution in [0.25, 0.3) is 0 Å². The number of benzene rings is 1. The highest BCUT2D eigenvalue weighted by molar-refractivity contribution is 5.91. The standard InChI is InChI=1S/C12H9FO4/c1-17-10(14)7-3-5-8-4-2-6-9(13)11(8)12(15)16/h2,4,6H,7H2,1H3,(H,15,16). The molecule has 88 valence electrons. The Bertz CT molecular complexity index is 511. The van der Waals surface area contributed by atoms with E-state index in [1.165, 1.54) is 19.2 Å². The molecule has 0 saturated heterocycles. The van der Waals surface area contributed by atoms with Crippen molar-refractivity contribution in [2.45, 2.75) is 6.42 Å². The number of carboxylic acids is 1. The Morgan fingerprint density at radius 2 is 2.18 bits per heavy atom. The van der Waals surface area contributed by atoms with Crippen LogP contribution in [-0.4, -0.2) is 24.2 Å². The molecular formula is C12H9FO4. The first-order valence-corrected chi connectivity index (χ1v) is 4.63. The second-order valence-electron chi connectivity index (χ2n) is 3.02. The first kappa shape index (κ1) is 12.7. The zero-order valence-electron chi connectivity index (χ0n) is 8.99. The molecule has 0 aliphatic rings. The number of methoxy groups -OCH3 is 1. The predicted octanol–water partition coefficient (Wildman–Crippen LogP) is 1.44. The number of carboxylic acid groups (broad SMARTS) is 1. The van der Waals surface area contributed by atoms with E-state index in [1.807, 2.05) is 0 Å². The van der Waals surface area contributed by atoms with E-state index in [0.29, 0.717) is 0 Å². The van der Waals surface area contributed by atoms with E-state index >= 15 is 0 Å². The Morgan fingerprint density at radius 1 is 1.47 bits per heavy atom. The molecule has 4 nitrogen and oxygen atoms in total. The van der Waals surface area contributed by atoms with Crippen molar-refractivity contribution in [3.63, 3.8) is 0 Å². The molecule has 0 radical (unpaired) electrons. The van der Waals surface area contributed by atoms with E-state index < -0.39 is 23.3 Å². The molecule has 0 atom stereocenters. The monoisotopic (exact) mass is 236 g/mol. The van der Waals surface area contributed by atoms with Crippen LogP contribution in [-0.2, 0) is 9.53 Å². The maximum atomic E-state index is 13.2. The van der Waals surface area contributed by atoms with E-state index in [0.717, 1.165) is 6.07 Å². The summed E-state index contributed by atoms with van der Waals surface area (Å²) in [7, 11) is 1.22. The van der Waals surface area contributed by atoms with Gasteiger partial charge in [0.25, 0.3) is 0 Å². The minimum atomic E-state index is -1.40. The van der Waals surface area contributed by atoms with Gasteiger partial charge in [-0.15, -0.1) is 0 Å². The molecule has 0 aromatic heterocycles. The van der Waals surface area contributed by atoms with Crippen LogP contribution in [0, 0.1) is 17.7 Å². The fourth-order valence-electron chi connectivity index (χ4n) is 1.13. The topological polar surface area (TPSA) is 63.6 Å². The van der Waals surface area contributed by atoms with Crippen molar-refractivity contribution in [2.75, 3.05) is 7.11 Å². The minimum Gasteiger partial charge on any atom is -0.478 e. The van der Waals surface area contributed by atoms with Gasteiger partial charge in [-0.1, -0.05) is 17.9 Å². The van der Waals surface area contributed by atoms with Gasteiger partial charge in [0.1, 0.15) is 17.8 Å². The van der Waals surface area contributed by atoms with Gasteiger partial charge in [-0.05, 0) is 12.1 Å². The van der Waals surface area contributed by atoms with Crippen LogP contribution in [0.5, 0.6) is 0 Å². The molecule has 0 aliphatic carbocycles. The van der Waals surface area contributed by atoms with Gasteiger partial charge in [0.2, 0.25) is 0 Å². The maximum absolute atomic E-state index is 13.2. The number of esters is 1. The summed E-state index contributed by atoms with van der Waals surface area (Å²) in [5.41, 5.74) is -0.466. The van der Waals surface area contributed by atoms with Crippen LogP contribution < -0.4 is 0 Å². The molecule has 0 unspecified atom stereocenters. The van der Waals surface area contributed by atoms with Crippen LogP contribution in [0.1, 0.15) is 22.3 Å². The molecule has 0 spiro atoms. The Kier molecular flexibility index (Phi) is 4.23. The fourth-order valence-corrected chi connectivity index (χ4v) is 1.13. The smallest absolute Gasteiger partial charge is 0.339 e. The van der Waals surface area contributed by atoms with Gasteiger partial charge in [-0.3, -0.25) is 4.79 Å². The second kappa shape index (κ2) is 5.66. The average Bonchev–Trinajstić information content (AvgIpc) is 2.28. The van der Waals surface area contributed by atoms with Crippen molar-refractivity contribution in [3.05, 3.63) is 35.1 Å². The number of hydrogen-bond donors (Lipinski definition) is 1. The summed E-state index contributed by atoms with van der Waals surface area (Å²) in [4.78, 5) is 21.6. The van der Waals surface area contributed by atoms with Crippen molar-refractivity contribution in [3.8, 4) is 11.8 Å². The van der Waals surface area contributed by atoms with Gasteiger partial charge >= 0.3 is 11.9 Å². The largest absolute Gasteiger partial charge is 0.478 e. The van der Waals surface area contributed by atoms with E-state index in [4.69, 9.17) is 5.11 Å². The molecule has 0 bridgehead atoms. The first-order valence-electron chi connectivity index (χ1n) is 4.63. The quantitative estimate of drug-likeness (QED) is 0.623. The van der Waals surface area contributed by atoms with Crippen LogP contribution in [0.4, 0.5) is 4.39 Å². The summed E-state index contributed by atoms with van der Waals surface area (Å²) < 4.78 is 17.6. The Hall–Kier alpha value is -2.35. The number of halogens is 1. The molecule has 17 heavy (non-hydrogen) atoms. The normalized spacial score (nSPS) is 9.06. The summed E-state index contributed by atoms with van der Waals surface area (Å²) in [6, 6.07) is 3.76. The van der Waals surface area contributed by atoms with Gasteiger partial charge in [-0.25, -0.2) is 9.18 Å². The van der Waals surface area contributed by atoms with E-state index in [9.17, 15) is 14.0 Å². The number of aromatic carboxylic acids is 1. The lowest BCUT2D eigenvalue weighted by Gasteiger charge is -1.99. The lowest BCUT2D eigenvalue weighted by Crippen LogP contribution is -2.04. The summed E-state index contributed by atoms with van der Waals surface area (Å²) in [5, 5.41) is 8.80. The molecular weight excluding hydrogens is 227 g/mol.